The summed E-state index contributed by atoms with van der Waals surface area (Å²) >= 11 is 1.34. The summed E-state index contributed by atoms with van der Waals surface area (Å²) in [6.07, 6.45) is 0.443. The van der Waals surface area contributed by atoms with Crippen LogP contribution in [0.5, 0.6) is 0 Å². The number of nitrogens with two attached hydrogens (primary N) is 2. The number of hydrogen-bond donors (Lipinski definition) is 3. The molecule has 88 valence electrons. The Labute approximate surface area is 92.1 Å². The maximum atomic E-state index is 11.7. The summed E-state index contributed by atoms with van der Waals surface area (Å²) in [5, 5.41) is 2.46. The van der Waals surface area contributed by atoms with Crippen molar-refractivity contribution in [3.63, 3.8) is 0 Å². The van der Waals surface area contributed by atoms with Crippen LogP contribution in [0.4, 0.5) is 4.39 Å². The summed E-state index contributed by atoms with van der Waals surface area (Å²) < 4.78 is 11.7. The van der Waals surface area contributed by atoms with E-state index in [1.54, 1.807) is 0 Å². The van der Waals surface area contributed by atoms with Crippen LogP contribution in [0.1, 0.15) is 6.42 Å². The van der Waals surface area contributed by atoms with Crippen molar-refractivity contribution in [2.75, 3.05) is 24.7 Å². The summed E-state index contributed by atoms with van der Waals surface area (Å²) in [5.41, 5.74) is 10.2. The number of carbonyl (C=O) groups is 2. The molecule has 0 radical (unpaired) electrons. The molecule has 15 heavy (non-hydrogen) atoms. The molecule has 0 aliphatic rings. The van der Waals surface area contributed by atoms with E-state index in [9.17, 15) is 14.0 Å². The van der Waals surface area contributed by atoms with Crippen LogP contribution in [0.25, 0.3) is 0 Å². The van der Waals surface area contributed by atoms with Crippen LogP contribution in [0.3, 0.4) is 0 Å². The van der Waals surface area contributed by atoms with Crippen molar-refractivity contribution in [2.24, 2.45) is 11.5 Å². The molecule has 0 saturated carbocycles. The summed E-state index contributed by atoms with van der Waals surface area (Å²) in [4.78, 5) is 21.6. The minimum atomic E-state index is -0.857. The van der Waals surface area contributed by atoms with Gasteiger partial charge in [0.25, 0.3) is 0 Å². The Morgan fingerprint density at radius 1 is 1.47 bits per heavy atom. The van der Waals surface area contributed by atoms with Gasteiger partial charge in [-0.25, -0.2) is 0 Å². The van der Waals surface area contributed by atoms with Gasteiger partial charge in [0.2, 0.25) is 11.8 Å². The lowest BCUT2D eigenvalue weighted by Crippen LogP contribution is -2.46. The van der Waals surface area contributed by atoms with Crippen LogP contribution in [0.15, 0.2) is 0 Å². The Hall–Kier alpha value is -0.820. The number of halogens is 1. The van der Waals surface area contributed by atoms with Crippen molar-refractivity contribution in [3.8, 4) is 0 Å². The smallest absolute Gasteiger partial charge is 0.236 e. The maximum absolute atomic E-state index is 11.7. The van der Waals surface area contributed by atoms with Crippen molar-refractivity contribution in [1.29, 1.82) is 0 Å². The molecular formula is C8H16FN3O2S. The molecule has 0 heterocycles. The Balaban J connectivity index is 3.45. The highest BCUT2D eigenvalue weighted by atomic mass is 32.2. The molecule has 0 spiro atoms. The molecule has 0 rings (SSSR count). The fourth-order valence-electron chi connectivity index (χ4n) is 0.697. The van der Waals surface area contributed by atoms with Crippen molar-refractivity contribution in [2.45, 2.75) is 12.5 Å². The second-order valence-electron chi connectivity index (χ2n) is 2.91. The monoisotopic (exact) mass is 237 g/mol. The highest BCUT2D eigenvalue weighted by molar-refractivity contribution is 7.99. The van der Waals surface area contributed by atoms with E-state index in [-0.39, 0.29) is 24.9 Å². The third-order valence-corrected chi connectivity index (χ3v) is 2.58. The first-order chi connectivity index (χ1) is 7.07. The third-order valence-electron chi connectivity index (χ3n) is 1.54. The molecule has 0 aromatic rings. The lowest BCUT2D eigenvalue weighted by atomic mass is 10.3. The second kappa shape index (κ2) is 8.49. The molecule has 0 unspecified atom stereocenters. The standard InChI is InChI=1S/C8H16FN3O2S/c9-2-1-3-15-5-7(13)12-4-6(10)8(11)14/h6H,1-5,10H2,(H2,11,14)(H,12,13)/t6-/m0/s1. The van der Waals surface area contributed by atoms with Gasteiger partial charge in [-0.2, -0.15) is 11.8 Å². The predicted molar refractivity (Wildman–Crippen MR) is 58.1 cm³/mol. The van der Waals surface area contributed by atoms with Gasteiger partial charge in [-0.05, 0) is 12.2 Å². The van der Waals surface area contributed by atoms with Crippen LogP contribution in [-0.4, -0.2) is 42.6 Å². The van der Waals surface area contributed by atoms with Crippen molar-refractivity contribution >= 4 is 23.6 Å². The Morgan fingerprint density at radius 3 is 2.67 bits per heavy atom. The van der Waals surface area contributed by atoms with E-state index >= 15 is 0 Å². The second-order valence-corrected chi connectivity index (χ2v) is 4.01. The summed E-state index contributed by atoms with van der Waals surface area (Å²) in [5.74, 6) is -0.0342. The van der Waals surface area contributed by atoms with Crippen LogP contribution in [0.2, 0.25) is 0 Å². The first kappa shape index (κ1) is 14.2. The van der Waals surface area contributed by atoms with E-state index in [0.717, 1.165) is 0 Å². The van der Waals surface area contributed by atoms with Gasteiger partial charge in [-0.1, -0.05) is 0 Å². The number of hydrogen-bond acceptors (Lipinski definition) is 4. The first-order valence-corrected chi connectivity index (χ1v) is 5.68. The summed E-state index contributed by atoms with van der Waals surface area (Å²) in [6.45, 7) is -0.334. The number of thioether (sulfide) groups is 1. The van der Waals surface area contributed by atoms with Gasteiger partial charge < -0.3 is 16.8 Å². The number of alkyl halides is 1. The molecule has 0 aliphatic heterocycles. The zero-order valence-corrected chi connectivity index (χ0v) is 9.19. The molecule has 7 heteroatoms. The largest absolute Gasteiger partial charge is 0.368 e. The van der Waals surface area contributed by atoms with Gasteiger partial charge >= 0.3 is 0 Å². The molecule has 0 saturated heterocycles. The van der Waals surface area contributed by atoms with E-state index in [2.05, 4.69) is 5.32 Å². The molecular weight excluding hydrogens is 221 g/mol. The third kappa shape index (κ3) is 8.19. The van der Waals surface area contributed by atoms with Gasteiger partial charge in [0, 0.05) is 6.54 Å². The molecule has 0 aromatic heterocycles. The number of primary amides is 1. The zero-order chi connectivity index (χ0) is 11.7. The van der Waals surface area contributed by atoms with Crippen molar-refractivity contribution < 1.29 is 14.0 Å². The van der Waals surface area contributed by atoms with Crippen LogP contribution >= 0.6 is 11.8 Å². The SMILES string of the molecule is NC(=O)[C@@H](N)CNC(=O)CSCCCF. The van der Waals surface area contributed by atoms with E-state index < -0.39 is 11.9 Å². The number of rotatable bonds is 8. The average Bonchev–Trinajstić information content (AvgIpc) is 2.20. The highest BCUT2D eigenvalue weighted by Gasteiger charge is 2.10. The average molecular weight is 237 g/mol. The molecule has 2 amide bonds. The van der Waals surface area contributed by atoms with E-state index in [0.29, 0.717) is 12.2 Å². The minimum absolute atomic E-state index is 0.0395. The van der Waals surface area contributed by atoms with Crippen LogP contribution < -0.4 is 16.8 Å². The fourth-order valence-corrected chi connectivity index (χ4v) is 1.44. The topological polar surface area (TPSA) is 98.2 Å². The molecule has 0 aromatic carbocycles. The molecule has 5 nitrogen and oxygen atoms in total. The number of nitrogens with one attached hydrogen (secondary N) is 1. The molecule has 0 bridgehead atoms. The quantitative estimate of drug-likeness (QED) is 0.472. The predicted octanol–water partition coefficient (Wildman–Crippen LogP) is -0.992. The highest BCUT2D eigenvalue weighted by Crippen LogP contribution is 2.01. The van der Waals surface area contributed by atoms with Crippen LogP contribution in [-0.2, 0) is 9.59 Å². The van der Waals surface area contributed by atoms with Gasteiger partial charge in [0.05, 0.1) is 12.4 Å². The maximum Gasteiger partial charge on any atom is 0.236 e. The molecule has 0 aliphatic carbocycles. The molecule has 5 N–H and O–H groups in total. The Morgan fingerprint density at radius 2 is 2.13 bits per heavy atom. The van der Waals surface area contributed by atoms with Gasteiger partial charge in [-0.3, -0.25) is 14.0 Å². The van der Waals surface area contributed by atoms with Crippen LogP contribution in [0, 0.1) is 0 Å². The zero-order valence-electron chi connectivity index (χ0n) is 8.37. The fraction of sp³-hybridized carbons (Fsp3) is 0.750. The molecule has 1 atom stereocenters. The van der Waals surface area contributed by atoms with Crippen molar-refractivity contribution in [3.05, 3.63) is 0 Å². The van der Waals surface area contributed by atoms with Gasteiger partial charge in [0.1, 0.15) is 6.04 Å². The lowest BCUT2D eigenvalue weighted by Gasteiger charge is -2.08. The molecule has 0 fully saturated rings. The van der Waals surface area contributed by atoms with E-state index in [1.165, 1.54) is 11.8 Å². The van der Waals surface area contributed by atoms with E-state index in [1.807, 2.05) is 0 Å². The summed E-state index contributed by atoms with van der Waals surface area (Å²) in [7, 11) is 0. The summed E-state index contributed by atoms with van der Waals surface area (Å²) in [6, 6.07) is -0.857. The normalized spacial score (nSPS) is 12.1. The van der Waals surface area contributed by atoms with Gasteiger partial charge in [0.15, 0.2) is 0 Å². The number of carbonyl (C=O) groups excluding carboxylic acids is 2. The van der Waals surface area contributed by atoms with Gasteiger partial charge in [-0.15, -0.1) is 0 Å². The number of amides is 2. The Kier molecular flexibility index (Phi) is 8.02. The Bertz CT molecular complexity index is 216. The first-order valence-electron chi connectivity index (χ1n) is 4.53. The lowest BCUT2D eigenvalue weighted by molar-refractivity contribution is -0.120. The minimum Gasteiger partial charge on any atom is -0.368 e. The van der Waals surface area contributed by atoms with Crippen molar-refractivity contribution in [1.82, 2.24) is 5.32 Å². The van der Waals surface area contributed by atoms with E-state index in [4.69, 9.17) is 11.5 Å².